The molecule has 1 aromatic rings. The molecule has 2 unspecified atom stereocenters. The highest BCUT2D eigenvalue weighted by molar-refractivity contribution is 6.20. The predicted molar refractivity (Wildman–Crippen MR) is 71.5 cm³/mol. The topological polar surface area (TPSA) is 38.2 Å². The first kappa shape index (κ1) is 12.0. The third kappa shape index (κ3) is 2.03. The van der Waals surface area contributed by atoms with Crippen LogP contribution in [0.3, 0.4) is 0 Å². The molecule has 0 aliphatic carbocycles. The highest BCUT2D eigenvalue weighted by Crippen LogP contribution is 2.39. The number of fused-ring (bicyclic) bond motifs is 2. The summed E-state index contributed by atoms with van der Waals surface area (Å²) >= 11 is 6.30. The molecule has 2 fully saturated rings. The number of piperidine rings is 1. The van der Waals surface area contributed by atoms with Gasteiger partial charge in [0.05, 0.1) is 7.11 Å². The fourth-order valence-corrected chi connectivity index (χ4v) is 3.59. The van der Waals surface area contributed by atoms with Crippen molar-refractivity contribution in [1.82, 2.24) is 9.97 Å². The van der Waals surface area contributed by atoms with Crippen LogP contribution in [0.2, 0.25) is 0 Å². The fraction of sp³-hybridized carbons (Fsp3) is 0.692. The summed E-state index contributed by atoms with van der Waals surface area (Å²) in [5.74, 6) is 1.45. The summed E-state index contributed by atoms with van der Waals surface area (Å²) < 4.78 is 5.23. The van der Waals surface area contributed by atoms with Crippen LogP contribution in [-0.2, 0) is 0 Å². The van der Waals surface area contributed by atoms with Gasteiger partial charge in [0.1, 0.15) is 0 Å². The van der Waals surface area contributed by atoms with Gasteiger partial charge >= 0.3 is 0 Å². The molecule has 2 atom stereocenters. The summed E-state index contributed by atoms with van der Waals surface area (Å²) in [4.78, 5) is 11.4. The third-order valence-corrected chi connectivity index (χ3v) is 4.29. The number of nitrogens with zero attached hydrogens (tertiary/aromatic N) is 3. The Hall–Kier alpha value is -1.03. The van der Waals surface area contributed by atoms with Crippen molar-refractivity contribution in [2.24, 2.45) is 0 Å². The number of methoxy groups -OCH3 is 1. The van der Waals surface area contributed by atoms with Crippen LogP contribution < -0.4 is 9.64 Å². The Morgan fingerprint density at radius 2 is 1.94 bits per heavy atom. The smallest absolute Gasteiger partial charge is 0.229 e. The van der Waals surface area contributed by atoms with E-state index < -0.39 is 0 Å². The Morgan fingerprint density at radius 1 is 1.28 bits per heavy atom. The quantitative estimate of drug-likeness (QED) is 0.772. The molecule has 5 heteroatoms. The normalized spacial score (nSPS) is 30.6. The van der Waals surface area contributed by atoms with E-state index in [4.69, 9.17) is 16.3 Å². The maximum Gasteiger partial charge on any atom is 0.229 e. The molecule has 98 valence electrons. The number of aryl methyl sites for hydroxylation is 1. The highest BCUT2D eigenvalue weighted by atomic mass is 35.5. The van der Waals surface area contributed by atoms with Gasteiger partial charge in [-0.2, -0.15) is 4.98 Å². The molecule has 0 aromatic carbocycles. The minimum Gasteiger partial charge on any atom is -0.481 e. The Balaban J connectivity index is 1.93. The molecule has 2 aliphatic rings. The standard InChI is InChI=1S/C13H18ClN3O/c1-8-5-12(18-2)16-13(15-8)17-10-3-4-11(17)7-9(14)6-10/h5,9-11H,3-4,6-7H2,1-2H3. The average molecular weight is 268 g/mol. The van der Waals surface area contributed by atoms with E-state index in [1.165, 1.54) is 12.8 Å². The molecule has 3 rings (SSSR count). The summed E-state index contributed by atoms with van der Waals surface area (Å²) in [7, 11) is 1.64. The molecule has 1 aromatic heterocycles. The summed E-state index contributed by atoms with van der Waals surface area (Å²) in [5, 5.41) is 0.311. The van der Waals surface area contributed by atoms with Gasteiger partial charge in [-0.15, -0.1) is 11.6 Å². The van der Waals surface area contributed by atoms with Crippen molar-refractivity contribution in [3.8, 4) is 5.88 Å². The van der Waals surface area contributed by atoms with Gasteiger partial charge in [-0.05, 0) is 32.6 Å². The van der Waals surface area contributed by atoms with Gasteiger partial charge in [-0.25, -0.2) is 4.98 Å². The molecule has 2 aliphatic heterocycles. The molecule has 0 radical (unpaired) electrons. The van der Waals surface area contributed by atoms with Gasteiger partial charge < -0.3 is 9.64 Å². The van der Waals surface area contributed by atoms with Crippen LogP contribution in [-0.4, -0.2) is 34.5 Å². The molecule has 0 saturated carbocycles. The van der Waals surface area contributed by atoms with Gasteiger partial charge in [-0.1, -0.05) is 0 Å². The van der Waals surface area contributed by atoms with E-state index in [-0.39, 0.29) is 0 Å². The van der Waals surface area contributed by atoms with Crippen LogP contribution in [0.25, 0.3) is 0 Å². The lowest BCUT2D eigenvalue weighted by atomic mass is 10.0. The van der Waals surface area contributed by atoms with E-state index in [0.29, 0.717) is 23.3 Å². The second-order valence-corrected chi connectivity index (χ2v) is 5.83. The Labute approximate surface area is 112 Å². The van der Waals surface area contributed by atoms with Crippen molar-refractivity contribution in [3.05, 3.63) is 11.8 Å². The fourth-order valence-electron chi connectivity index (χ4n) is 3.18. The van der Waals surface area contributed by atoms with Crippen molar-refractivity contribution >= 4 is 17.5 Å². The molecule has 2 saturated heterocycles. The van der Waals surface area contributed by atoms with Gasteiger partial charge in [0, 0.05) is 29.2 Å². The first-order chi connectivity index (χ1) is 8.67. The molecule has 2 bridgehead atoms. The maximum absolute atomic E-state index is 6.30. The number of hydrogen-bond acceptors (Lipinski definition) is 4. The maximum atomic E-state index is 6.30. The molecular weight excluding hydrogens is 250 g/mol. The number of ether oxygens (including phenoxy) is 1. The van der Waals surface area contributed by atoms with Crippen LogP contribution in [0.4, 0.5) is 5.95 Å². The summed E-state index contributed by atoms with van der Waals surface area (Å²) in [6.45, 7) is 1.98. The zero-order chi connectivity index (χ0) is 12.7. The van der Waals surface area contributed by atoms with Crippen molar-refractivity contribution in [3.63, 3.8) is 0 Å². The molecule has 18 heavy (non-hydrogen) atoms. The first-order valence-corrected chi connectivity index (χ1v) is 6.93. The van der Waals surface area contributed by atoms with Crippen LogP contribution in [0, 0.1) is 6.92 Å². The number of halogens is 1. The van der Waals surface area contributed by atoms with E-state index in [9.17, 15) is 0 Å². The zero-order valence-corrected chi connectivity index (χ0v) is 11.5. The second-order valence-electron chi connectivity index (χ2n) is 5.21. The Bertz CT molecular complexity index is 440. The van der Waals surface area contributed by atoms with Crippen LogP contribution in [0.5, 0.6) is 5.88 Å². The lowest BCUT2D eigenvalue weighted by Crippen LogP contribution is -2.44. The number of rotatable bonds is 2. The highest BCUT2D eigenvalue weighted by Gasteiger charge is 2.41. The number of alkyl halides is 1. The lowest BCUT2D eigenvalue weighted by Gasteiger charge is -2.37. The molecule has 0 amide bonds. The van der Waals surface area contributed by atoms with Gasteiger partial charge in [0.25, 0.3) is 0 Å². The van der Waals surface area contributed by atoms with Crippen molar-refractivity contribution in [1.29, 1.82) is 0 Å². The van der Waals surface area contributed by atoms with Crippen molar-refractivity contribution in [2.75, 3.05) is 12.0 Å². The third-order valence-electron chi connectivity index (χ3n) is 3.93. The van der Waals surface area contributed by atoms with Crippen LogP contribution in [0.1, 0.15) is 31.4 Å². The summed E-state index contributed by atoms with van der Waals surface area (Å²) in [5.41, 5.74) is 0.948. The van der Waals surface area contributed by atoms with E-state index in [1.807, 2.05) is 13.0 Å². The van der Waals surface area contributed by atoms with E-state index in [2.05, 4.69) is 14.9 Å². The Morgan fingerprint density at radius 3 is 2.56 bits per heavy atom. The van der Waals surface area contributed by atoms with Crippen LogP contribution in [0.15, 0.2) is 6.07 Å². The number of aromatic nitrogens is 2. The van der Waals surface area contributed by atoms with E-state index in [1.54, 1.807) is 7.11 Å². The monoisotopic (exact) mass is 267 g/mol. The van der Waals surface area contributed by atoms with E-state index >= 15 is 0 Å². The Kier molecular flexibility index (Phi) is 3.06. The minimum absolute atomic E-state index is 0.311. The lowest BCUT2D eigenvalue weighted by molar-refractivity contribution is 0.393. The zero-order valence-electron chi connectivity index (χ0n) is 10.8. The average Bonchev–Trinajstić information content (AvgIpc) is 2.61. The molecule has 4 nitrogen and oxygen atoms in total. The molecule has 0 spiro atoms. The molecule has 3 heterocycles. The van der Waals surface area contributed by atoms with E-state index in [0.717, 1.165) is 24.5 Å². The molecular formula is C13H18ClN3O. The van der Waals surface area contributed by atoms with Crippen molar-refractivity contribution < 1.29 is 4.74 Å². The molecule has 0 N–H and O–H groups in total. The number of hydrogen-bond donors (Lipinski definition) is 0. The predicted octanol–water partition coefficient (Wildman–Crippen LogP) is 2.53. The van der Waals surface area contributed by atoms with Crippen LogP contribution >= 0.6 is 11.6 Å². The van der Waals surface area contributed by atoms with Gasteiger partial charge in [0.2, 0.25) is 11.8 Å². The van der Waals surface area contributed by atoms with Gasteiger partial charge in [-0.3, -0.25) is 0 Å². The largest absolute Gasteiger partial charge is 0.481 e. The van der Waals surface area contributed by atoms with Gasteiger partial charge in [0.15, 0.2) is 0 Å². The number of anilines is 1. The van der Waals surface area contributed by atoms with Crippen molar-refractivity contribution in [2.45, 2.75) is 50.1 Å². The first-order valence-electron chi connectivity index (χ1n) is 6.49. The SMILES string of the molecule is COc1cc(C)nc(N2C3CCC2CC(Cl)C3)n1. The summed E-state index contributed by atoms with van der Waals surface area (Å²) in [6.07, 6.45) is 4.48. The summed E-state index contributed by atoms with van der Waals surface area (Å²) in [6, 6.07) is 2.86. The second kappa shape index (κ2) is 4.57. The minimum atomic E-state index is 0.311.